The molecule has 0 fully saturated rings. The van der Waals surface area contributed by atoms with E-state index in [0.29, 0.717) is 68.4 Å². The summed E-state index contributed by atoms with van der Waals surface area (Å²) in [4.78, 5) is 14.2. The van der Waals surface area contributed by atoms with Gasteiger partial charge in [-0.25, -0.2) is 5.84 Å². The van der Waals surface area contributed by atoms with E-state index in [2.05, 4.69) is 5.43 Å². The summed E-state index contributed by atoms with van der Waals surface area (Å²) in [6.07, 6.45) is 0. The molecule has 1 amide bonds. The Morgan fingerprint density at radius 3 is 0.509 bits per heavy atom. The average molecular weight is 1410 g/mol. The lowest BCUT2D eigenvalue weighted by Crippen LogP contribution is -2.30. The molecule has 106 heavy (non-hydrogen) atoms. The molecule has 0 saturated carbocycles. The molecule has 15 heteroatoms. The minimum atomic E-state index is -0.631. The molecule has 0 unspecified atom stereocenters. The van der Waals surface area contributed by atoms with E-state index in [4.69, 9.17) is 62.7 Å². The lowest BCUT2D eigenvalue weighted by Gasteiger charge is -2.22. The van der Waals surface area contributed by atoms with Crippen molar-refractivity contribution in [2.45, 2.75) is 79.3 Å². The lowest BCUT2D eigenvalue weighted by atomic mass is 10.1. The fourth-order valence-corrected chi connectivity index (χ4v) is 11.4. The molecule has 13 rings (SSSR count). The molecule has 532 valence electrons. The Morgan fingerprint density at radius 1 is 0.198 bits per heavy atom. The molecular weight excluding hydrogens is 1330 g/mol. The average Bonchev–Trinajstić information content (AvgIpc) is 0.814. The number of benzene rings is 13. The second-order valence-corrected chi connectivity index (χ2v) is 24.9. The molecule has 0 aliphatic carbocycles. The van der Waals surface area contributed by atoms with Gasteiger partial charge < -0.3 is 56.8 Å². The summed E-state index contributed by atoms with van der Waals surface area (Å²) in [6, 6.07) is 103. The van der Waals surface area contributed by atoms with Crippen LogP contribution in [0.4, 0.5) is 0 Å². The van der Waals surface area contributed by atoms with Crippen molar-refractivity contribution in [2.24, 2.45) is 5.84 Å². The number of nitrogens with two attached hydrogens (primary N) is 1. The summed E-state index contributed by atoms with van der Waals surface area (Å²) in [5.74, 6) is 9.37. The molecule has 0 bridgehead atoms. The van der Waals surface area contributed by atoms with E-state index >= 15 is 0 Å². The smallest absolute Gasteiger partial charge is 0.265 e. The van der Waals surface area contributed by atoms with E-state index in [1.54, 1.807) is 12.1 Å². The van der Waals surface area contributed by atoms with Gasteiger partial charge in [0.25, 0.3) is 5.91 Å². The zero-order valence-corrected chi connectivity index (χ0v) is 58.5. The van der Waals surface area contributed by atoms with Crippen molar-refractivity contribution in [3.8, 4) is 69.0 Å². The maximum atomic E-state index is 14.2. The van der Waals surface area contributed by atoms with Crippen LogP contribution in [-0.2, 0) is 79.3 Å². The van der Waals surface area contributed by atoms with Gasteiger partial charge in [0.2, 0.25) is 23.0 Å². The van der Waals surface area contributed by atoms with Crippen molar-refractivity contribution in [2.75, 3.05) is 0 Å². The second-order valence-electron chi connectivity index (χ2n) is 24.9. The van der Waals surface area contributed by atoms with Crippen LogP contribution in [0.15, 0.2) is 322 Å². The quantitative estimate of drug-likeness (QED) is 0.0215. The Labute approximate surface area is 617 Å². The van der Waals surface area contributed by atoms with Crippen LogP contribution in [0.3, 0.4) is 0 Å². The SMILES string of the molecule is NNC(=O)c1cc(OCc2cc(OCc3ccccc3)c(OCc3ccccc3)c(OCc3ccccc3)c2)c(OCc2cc(OCc3ccccc3)c(OCc3ccccc3)c(OCc3ccccc3)c2)c(OCc2cc(OCc3ccccc3)c(OCc3ccccc3)c(OCc3ccccc3)c2)c1. The number of amides is 1. The molecule has 3 N–H and O–H groups in total. The monoisotopic (exact) mass is 1410 g/mol. The summed E-state index contributed by atoms with van der Waals surface area (Å²) in [5, 5.41) is 0. The molecule has 0 saturated heterocycles. The first-order valence-electron chi connectivity index (χ1n) is 35.0. The van der Waals surface area contributed by atoms with Crippen LogP contribution in [-0.4, -0.2) is 5.91 Å². The number of hydrogen-bond acceptors (Lipinski definition) is 14. The van der Waals surface area contributed by atoms with Crippen molar-refractivity contribution in [1.29, 1.82) is 0 Å². The number of carbonyl (C=O) groups is 1. The highest BCUT2D eigenvalue weighted by atomic mass is 16.6. The first kappa shape index (κ1) is 71.3. The largest absolute Gasteiger partial charge is 0.485 e. The van der Waals surface area contributed by atoms with E-state index in [0.717, 1.165) is 50.1 Å². The molecule has 13 aromatic carbocycles. The van der Waals surface area contributed by atoms with Gasteiger partial charge in [-0.05, 0) is 115 Å². The van der Waals surface area contributed by atoms with E-state index in [1.807, 2.05) is 309 Å². The Bertz CT molecular complexity index is 4480. The molecule has 0 radical (unpaired) electrons. The van der Waals surface area contributed by atoms with Gasteiger partial charge in [0.15, 0.2) is 46.0 Å². The minimum absolute atomic E-state index is 0.0971. The highest BCUT2D eigenvalue weighted by Gasteiger charge is 2.25. The summed E-state index contributed by atoms with van der Waals surface area (Å²) in [6.45, 7) is 1.57. The lowest BCUT2D eigenvalue weighted by molar-refractivity contribution is 0.0952. The molecular formula is C91H80N2O13. The maximum absolute atomic E-state index is 14.2. The number of nitrogens with one attached hydrogen (secondary N) is 1. The second kappa shape index (κ2) is 37.2. The zero-order chi connectivity index (χ0) is 72.2. The van der Waals surface area contributed by atoms with Crippen molar-refractivity contribution in [3.63, 3.8) is 0 Å². The third-order valence-electron chi connectivity index (χ3n) is 16.9. The molecule has 0 aromatic heterocycles. The fourth-order valence-electron chi connectivity index (χ4n) is 11.4. The number of carbonyl (C=O) groups excluding carboxylic acids is 1. The van der Waals surface area contributed by atoms with E-state index in [9.17, 15) is 4.79 Å². The Morgan fingerprint density at radius 2 is 0.340 bits per heavy atom. The molecule has 15 nitrogen and oxygen atoms in total. The van der Waals surface area contributed by atoms with Gasteiger partial charge >= 0.3 is 0 Å². The van der Waals surface area contributed by atoms with Crippen molar-refractivity contribution in [1.82, 2.24) is 5.43 Å². The summed E-state index contributed by atoms with van der Waals surface area (Å²) >= 11 is 0. The van der Waals surface area contributed by atoms with Crippen molar-refractivity contribution < 1.29 is 61.6 Å². The first-order valence-corrected chi connectivity index (χ1v) is 35.0. The standard InChI is InChI=1S/C91H80N2O13/c92-93-91(94)78-52-85(101-63-75-46-79(95-54-66-28-10-1-11-29-66)87(103-60-72-40-22-7-23-41-72)80(47-75)96-55-67-30-12-2-13-31-67)90(106-65-77-50-83(99-58-70-36-18-5-19-37-70)89(105-62-74-44-26-9-27-45-74)84(51-77)100-59-71-38-20-6-21-39-71)86(53-78)102-64-76-48-81(97-56-68-32-14-3-15-33-68)88(104-61-73-42-24-8-25-43-73)82(49-76)98-57-69-34-16-4-17-35-69/h1-53H,54-65,92H2,(H,93,94). The summed E-state index contributed by atoms with van der Waals surface area (Å²) < 4.78 is 81.7. The normalized spacial score (nSPS) is 10.8. The van der Waals surface area contributed by atoms with E-state index in [-0.39, 0.29) is 102 Å². The van der Waals surface area contributed by atoms with Crippen LogP contribution in [0, 0.1) is 0 Å². The number of ether oxygens (including phenoxy) is 12. The molecule has 0 atom stereocenters. The Kier molecular flexibility index (Phi) is 25.0. The predicted molar refractivity (Wildman–Crippen MR) is 407 cm³/mol. The predicted octanol–water partition coefficient (Wildman–Crippen LogP) is 19.2. The minimum Gasteiger partial charge on any atom is -0.485 e. The topological polar surface area (TPSA) is 166 Å². The zero-order valence-electron chi connectivity index (χ0n) is 58.5. The fraction of sp³-hybridized carbons (Fsp3) is 0.132. The van der Waals surface area contributed by atoms with Gasteiger partial charge in [-0.2, -0.15) is 0 Å². The van der Waals surface area contributed by atoms with Gasteiger partial charge in [-0.3, -0.25) is 10.2 Å². The Hall–Kier alpha value is -13.1. The maximum Gasteiger partial charge on any atom is 0.265 e. The number of nitrogen functional groups attached to an aromatic ring is 1. The van der Waals surface area contributed by atoms with Crippen LogP contribution < -0.4 is 68.1 Å². The van der Waals surface area contributed by atoms with Gasteiger partial charge in [0.1, 0.15) is 79.3 Å². The third-order valence-corrected chi connectivity index (χ3v) is 16.9. The highest BCUT2D eigenvalue weighted by Crippen LogP contribution is 2.47. The molecule has 13 aromatic rings. The van der Waals surface area contributed by atoms with Crippen LogP contribution >= 0.6 is 0 Å². The van der Waals surface area contributed by atoms with E-state index < -0.39 is 5.91 Å². The molecule has 0 aliphatic heterocycles. The number of rotatable bonds is 37. The van der Waals surface area contributed by atoms with Gasteiger partial charge in [0, 0.05) is 5.56 Å². The van der Waals surface area contributed by atoms with E-state index in [1.165, 1.54) is 0 Å². The molecule has 0 aliphatic rings. The van der Waals surface area contributed by atoms with Gasteiger partial charge in [0.05, 0.1) is 0 Å². The van der Waals surface area contributed by atoms with Gasteiger partial charge in [-0.1, -0.05) is 273 Å². The van der Waals surface area contributed by atoms with Crippen LogP contribution in [0.1, 0.15) is 77.1 Å². The number of hydrazine groups is 1. The van der Waals surface area contributed by atoms with Crippen LogP contribution in [0.2, 0.25) is 0 Å². The molecule has 0 spiro atoms. The van der Waals surface area contributed by atoms with Gasteiger partial charge in [-0.15, -0.1) is 0 Å². The Balaban J connectivity index is 0.914. The first-order chi connectivity index (χ1) is 52.4. The third kappa shape index (κ3) is 20.6. The summed E-state index contributed by atoms with van der Waals surface area (Å²) in [7, 11) is 0. The molecule has 0 heterocycles. The highest BCUT2D eigenvalue weighted by molar-refractivity contribution is 5.95. The number of hydrogen-bond donors (Lipinski definition) is 2. The van der Waals surface area contributed by atoms with Crippen molar-refractivity contribution in [3.05, 3.63) is 394 Å². The summed E-state index contributed by atoms with van der Waals surface area (Å²) in [5.41, 5.74) is 12.7. The van der Waals surface area contributed by atoms with Crippen molar-refractivity contribution >= 4 is 5.91 Å². The van der Waals surface area contributed by atoms with Crippen LogP contribution in [0.25, 0.3) is 0 Å². The van der Waals surface area contributed by atoms with Crippen LogP contribution in [0.5, 0.6) is 69.0 Å².